The normalized spacial score (nSPS) is 12.6. The first kappa shape index (κ1) is 15.4. The van der Waals surface area contributed by atoms with Crippen LogP contribution in [0, 0.1) is 0 Å². The highest BCUT2D eigenvalue weighted by atomic mass is 16.7. The van der Waals surface area contributed by atoms with Crippen LogP contribution in [0.4, 0.5) is 0 Å². The molecular weight excluding hydrogens is 274 g/mol. The lowest BCUT2D eigenvalue weighted by atomic mass is 10.2. The highest BCUT2D eigenvalue weighted by Crippen LogP contribution is 2.38. The zero-order valence-electron chi connectivity index (χ0n) is 12.3. The summed E-state index contributed by atoms with van der Waals surface area (Å²) >= 11 is 0. The van der Waals surface area contributed by atoms with Crippen LogP contribution in [-0.2, 0) is 11.4 Å². The maximum absolute atomic E-state index is 11.8. The molecule has 2 N–H and O–H groups in total. The quantitative estimate of drug-likeness (QED) is 0.799. The Kier molecular flexibility index (Phi) is 5.27. The SMILES string of the molecule is CCC(CC)NC(=O)COc1cc2c(cc1CO)OCO2. The van der Waals surface area contributed by atoms with Crippen molar-refractivity contribution in [2.24, 2.45) is 0 Å². The number of hydrogen-bond donors (Lipinski definition) is 2. The molecule has 0 aliphatic carbocycles. The maximum atomic E-state index is 11.8. The Morgan fingerprint density at radius 3 is 2.62 bits per heavy atom. The molecule has 0 fully saturated rings. The average molecular weight is 295 g/mol. The van der Waals surface area contributed by atoms with Crippen LogP contribution in [0.2, 0.25) is 0 Å². The predicted octanol–water partition coefficient (Wildman–Crippen LogP) is 1.59. The summed E-state index contributed by atoms with van der Waals surface area (Å²) in [7, 11) is 0. The molecule has 116 valence electrons. The van der Waals surface area contributed by atoms with Crippen LogP contribution in [-0.4, -0.2) is 30.5 Å². The minimum atomic E-state index is -0.194. The molecule has 1 heterocycles. The van der Waals surface area contributed by atoms with E-state index >= 15 is 0 Å². The third-order valence-corrected chi connectivity index (χ3v) is 3.44. The fraction of sp³-hybridized carbons (Fsp3) is 0.533. The van der Waals surface area contributed by atoms with Gasteiger partial charge < -0.3 is 24.6 Å². The van der Waals surface area contributed by atoms with Gasteiger partial charge in [-0.15, -0.1) is 0 Å². The van der Waals surface area contributed by atoms with Crippen molar-refractivity contribution < 1.29 is 24.1 Å². The topological polar surface area (TPSA) is 77.0 Å². The van der Waals surface area contributed by atoms with Gasteiger partial charge in [0.05, 0.1) is 6.61 Å². The average Bonchev–Trinajstić information content (AvgIpc) is 2.96. The van der Waals surface area contributed by atoms with E-state index in [0.717, 1.165) is 12.8 Å². The highest BCUT2D eigenvalue weighted by Gasteiger charge is 2.18. The van der Waals surface area contributed by atoms with Gasteiger partial charge in [0.25, 0.3) is 5.91 Å². The van der Waals surface area contributed by atoms with E-state index in [1.54, 1.807) is 12.1 Å². The molecule has 0 saturated heterocycles. The third-order valence-electron chi connectivity index (χ3n) is 3.44. The molecule has 0 radical (unpaired) electrons. The van der Waals surface area contributed by atoms with E-state index in [9.17, 15) is 9.90 Å². The van der Waals surface area contributed by atoms with Crippen molar-refractivity contribution >= 4 is 5.91 Å². The van der Waals surface area contributed by atoms with Crippen molar-refractivity contribution in [2.45, 2.75) is 39.3 Å². The second-order valence-corrected chi connectivity index (χ2v) is 4.84. The summed E-state index contributed by atoms with van der Waals surface area (Å²) in [6.45, 7) is 3.91. The zero-order chi connectivity index (χ0) is 15.2. The van der Waals surface area contributed by atoms with E-state index in [2.05, 4.69) is 5.32 Å². The molecule has 0 spiro atoms. The van der Waals surface area contributed by atoms with Gasteiger partial charge in [0.15, 0.2) is 18.1 Å². The molecule has 21 heavy (non-hydrogen) atoms. The van der Waals surface area contributed by atoms with Crippen LogP contribution < -0.4 is 19.5 Å². The summed E-state index contributed by atoms with van der Waals surface area (Å²) in [5.74, 6) is 1.39. The van der Waals surface area contributed by atoms with E-state index in [-0.39, 0.29) is 32.0 Å². The fourth-order valence-corrected chi connectivity index (χ4v) is 2.13. The second-order valence-electron chi connectivity index (χ2n) is 4.84. The predicted molar refractivity (Wildman–Crippen MR) is 76.5 cm³/mol. The molecule has 1 aromatic rings. The molecule has 1 amide bonds. The number of nitrogens with one attached hydrogen (secondary N) is 1. The van der Waals surface area contributed by atoms with Crippen LogP contribution in [0.25, 0.3) is 0 Å². The summed E-state index contributed by atoms with van der Waals surface area (Å²) in [5, 5.41) is 12.3. The molecule has 1 aliphatic heterocycles. The first-order valence-corrected chi connectivity index (χ1v) is 7.13. The molecule has 0 unspecified atom stereocenters. The van der Waals surface area contributed by atoms with Crippen LogP contribution in [0.3, 0.4) is 0 Å². The summed E-state index contributed by atoms with van der Waals surface area (Å²) in [5.41, 5.74) is 0.564. The molecule has 1 aliphatic rings. The highest BCUT2D eigenvalue weighted by molar-refractivity contribution is 5.77. The number of benzene rings is 1. The number of hydrogen-bond acceptors (Lipinski definition) is 5. The first-order valence-electron chi connectivity index (χ1n) is 7.13. The summed E-state index contributed by atoms with van der Waals surface area (Å²) < 4.78 is 16.0. The van der Waals surface area contributed by atoms with Crippen LogP contribution in [0.15, 0.2) is 12.1 Å². The molecule has 0 atom stereocenters. The van der Waals surface area contributed by atoms with Gasteiger partial charge in [-0.3, -0.25) is 4.79 Å². The Morgan fingerprint density at radius 1 is 1.33 bits per heavy atom. The van der Waals surface area contributed by atoms with Crippen molar-refractivity contribution in [2.75, 3.05) is 13.4 Å². The molecule has 0 aromatic heterocycles. The van der Waals surface area contributed by atoms with Crippen molar-refractivity contribution in [3.63, 3.8) is 0 Å². The maximum Gasteiger partial charge on any atom is 0.258 e. The second kappa shape index (κ2) is 7.17. The lowest BCUT2D eigenvalue weighted by Gasteiger charge is -2.16. The van der Waals surface area contributed by atoms with Gasteiger partial charge in [0, 0.05) is 17.7 Å². The smallest absolute Gasteiger partial charge is 0.258 e. The van der Waals surface area contributed by atoms with Crippen molar-refractivity contribution in [1.82, 2.24) is 5.32 Å². The van der Waals surface area contributed by atoms with E-state index < -0.39 is 0 Å². The number of aliphatic hydroxyl groups excluding tert-OH is 1. The zero-order valence-corrected chi connectivity index (χ0v) is 12.3. The Hall–Kier alpha value is -1.95. The minimum absolute atomic E-state index is 0.0941. The van der Waals surface area contributed by atoms with Gasteiger partial charge in [-0.25, -0.2) is 0 Å². The molecule has 0 bridgehead atoms. The van der Waals surface area contributed by atoms with Crippen LogP contribution in [0.1, 0.15) is 32.3 Å². The van der Waals surface area contributed by atoms with Crippen molar-refractivity contribution in [1.29, 1.82) is 0 Å². The Balaban J connectivity index is 1.98. The number of aliphatic hydroxyl groups is 1. The van der Waals surface area contributed by atoms with Crippen molar-refractivity contribution in [3.8, 4) is 17.2 Å². The van der Waals surface area contributed by atoms with Gasteiger partial charge in [-0.05, 0) is 18.9 Å². The molecule has 6 heteroatoms. The van der Waals surface area contributed by atoms with Gasteiger partial charge in [0.2, 0.25) is 6.79 Å². The Morgan fingerprint density at radius 2 is 2.00 bits per heavy atom. The number of amides is 1. The van der Waals surface area contributed by atoms with E-state index in [0.29, 0.717) is 22.8 Å². The van der Waals surface area contributed by atoms with E-state index in [4.69, 9.17) is 14.2 Å². The number of carbonyl (C=O) groups is 1. The standard InChI is InChI=1S/C15H21NO5/c1-3-11(4-2)16-15(18)8-19-12-6-14-13(20-9-21-14)5-10(12)7-17/h5-6,11,17H,3-4,7-9H2,1-2H3,(H,16,18). The van der Waals surface area contributed by atoms with Gasteiger partial charge in [0.1, 0.15) is 5.75 Å². The third kappa shape index (κ3) is 3.78. The number of fused-ring (bicyclic) bond motifs is 1. The monoisotopic (exact) mass is 295 g/mol. The molecule has 6 nitrogen and oxygen atoms in total. The Bertz CT molecular complexity index is 499. The fourth-order valence-electron chi connectivity index (χ4n) is 2.13. The lowest BCUT2D eigenvalue weighted by molar-refractivity contribution is -0.123. The minimum Gasteiger partial charge on any atom is -0.483 e. The van der Waals surface area contributed by atoms with Gasteiger partial charge in [-0.2, -0.15) is 0 Å². The summed E-state index contributed by atoms with van der Waals surface area (Å²) in [6.07, 6.45) is 1.77. The van der Waals surface area contributed by atoms with Crippen LogP contribution in [0.5, 0.6) is 17.2 Å². The van der Waals surface area contributed by atoms with E-state index in [1.807, 2.05) is 13.8 Å². The lowest BCUT2D eigenvalue weighted by Crippen LogP contribution is -2.37. The molecule has 2 rings (SSSR count). The number of carbonyl (C=O) groups excluding carboxylic acids is 1. The van der Waals surface area contributed by atoms with Gasteiger partial charge in [-0.1, -0.05) is 13.8 Å². The molecule has 1 aromatic carbocycles. The Labute approximate surface area is 124 Å². The van der Waals surface area contributed by atoms with Crippen molar-refractivity contribution in [3.05, 3.63) is 17.7 Å². The summed E-state index contributed by atoms with van der Waals surface area (Å²) in [4.78, 5) is 11.8. The molecule has 0 saturated carbocycles. The van der Waals surface area contributed by atoms with Gasteiger partial charge >= 0.3 is 0 Å². The number of rotatable bonds is 7. The van der Waals surface area contributed by atoms with Crippen LogP contribution >= 0.6 is 0 Å². The van der Waals surface area contributed by atoms with E-state index in [1.165, 1.54) is 0 Å². The first-order chi connectivity index (χ1) is 10.2. The number of ether oxygens (including phenoxy) is 3. The largest absolute Gasteiger partial charge is 0.483 e. The molecular formula is C15H21NO5. The summed E-state index contributed by atoms with van der Waals surface area (Å²) in [6, 6.07) is 3.46.